The van der Waals surface area contributed by atoms with Gasteiger partial charge in [-0.2, -0.15) is 0 Å². The van der Waals surface area contributed by atoms with Crippen molar-refractivity contribution in [2.75, 3.05) is 11.9 Å². The van der Waals surface area contributed by atoms with Gasteiger partial charge in [-0.25, -0.2) is 4.98 Å². The monoisotopic (exact) mass is 407 g/mol. The number of nitro benzene ring substituents is 1. The van der Waals surface area contributed by atoms with Crippen molar-refractivity contribution < 1.29 is 4.92 Å². The summed E-state index contributed by atoms with van der Waals surface area (Å²) in [5, 5.41) is 15.0. The van der Waals surface area contributed by atoms with E-state index in [9.17, 15) is 14.9 Å². The molecule has 0 amide bonds. The summed E-state index contributed by atoms with van der Waals surface area (Å²) >= 11 is 0. The van der Waals surface area contributed by atoms with E-state index >= 15 is 0 Å². The molecule has 0 saturated carbocycles. The third-order valence-corrected chi connectivity index (χ3v) is 5.86. The number of fused-ring (bicyclic) bond motifs is 1. The average Bonchev–Trinajstić information content (AvgIpc) is 2.74. The minimum absolute atomic E-state index is 0.136. The van der Waals surface area contributed by atoms with E-state index in [2.05, 4.69) is 33.2 Å². The summed E-state index contributed by atoms with van der Waals surface area (Å²) in [5.74, 6) is 0. The first-order valence-electron chi connectivity index (χ1n) is 10.2. The van der Waals surface area contributed by atoms with Gasteiger partial charge in [0.25, 0.3) is 11.2 Å². The van der Waals surface area contributed by atoms with Crippen LogP contribution in [0.4, 0.5) is 11.4 Å². The molecule has 1 aliphatic rings. The Morgan fingerprint density at radius 3 is 2.83 bits per heavy atom. The number of likely N-dealkylation sites (tertiary alicyclic amines) is 1. The number of hydrogen-bond donors (Lipinski definition) is 2. The zero-order valence-corrected chi connectivity index (χ0v) is 16.9. The number of aromatic nitrogens is 2. The van der Waals surface area contributed by atoms with Crippen LogP contribution in [0.2, 0.25) is 0 Å². The van der Waals surface area contributed by atoms with Gasteiger partial charge in [0.1, 0.15) is 5.69 Å². The highest BCUT2D eigenvalue weighted by atomic mass is 16.6. The first kappa shape index (κ1) is 20.0. The molecule has 1 aliphatic heterocycles. The zero-order chi connectivity index (χ0) is 21.1. The molecular formula is C22H25N5O3. The highest BCUT2D eigenvalue weighted by Crippen LogP contribution is 2.29. The molecule has 30 heavy (non-hydrogen) atoms. The fraction of sp³-hybridized carbons (Fsp3) is 0.364. The number of nitrogens with one attached hydrogen (secondary N) is 2. The number of aromatic amines is 1. The minimum Gasteiger partial charge on any atom is -0.375 e. The highest BCUT2D eigenvalue weighted by molar-refractivity contribution is 5.86. The molecule has 1 aromatic heterocycles. The molecule has 0 spiro atoms. The molecule has 0 radical (unpaired) electrons. The smallest absolute Gasteiger partial charge is 0.293 e. The lowest BCUT2D eigenvalue weighted by molar-refractivity contribution is -0.383. The SMILES string of the molecule is CC1CCCCN1Cc1ccccc1CNc1cc2nc[nH]c(=O)c2cc1[N+](=O)[O-]. The van der Waals surface area contributed by atoms with Gasteiger partial charge < -0.3 is 10.3 Å². The standard InChI is InChI=1S/C22H25N5O3/c1-15-6-4-5-9-26(15)13-17-8-3-2-7-16(17)12-23-20-11-19-18(10-21(20)27(29)30)22(28)25-14-24-19/h2-3,7-8,10-11,14-15,23H,4-6,9,12-13H2,1H3,(H,24,25,28). The van der Waals surface area contributed by atoms with Crippen molar-refractivity contribution in [2.24, 2.45) is 0 Å². The van der Waals surface area contributed by atoms with Gasteiger partial charge in [-0.1, -0.05) is 30.7 Å². The van der Waals surface area contributed by atoms with E-state index in [0.29, 0.717) is 23.8 Å². The molecule has 2 N–H and O–H groups in total. The molecule has 1 unspecified atom stereocenters. The number of nitrogens with zero attached hydrogens (tertiary/aromatic N) is 3. The molecular weight excluding hydrogens is 382 g/mol. The third kappa shape index (κ3) is 4.18. The molecule has 8 nitrogen and oxygen atoms in total. The maximum Gasteiger partial charge on any atom is 0.293 e. The summed E-state index contributed by atoms with van der Waals surface area (Å²) < 4.78 is 0. The maximum absolute atomic E-state index is 12.0. The number of hydrogen-bond acceptors (Lipinski definition) is 6. The van der Waals surface area contributed by atoms with E-state index < -0.39 is 10.5 Å². The molecule has 0 bridgehead atoms. The second-order valence-electron chi connectivity index (χ2n) is 7.81. The second kappa shape index (κ2) is 8.62. The number of piperidine rings is 1. The highest BCUT2D eigenvalue weighted by Gasteiger charge is 2.20. The summed E-state index contributed by atoms with van der Waals surface area (Å²) in [6, 6.07) is 11.6. The molecule has 2 heterocycles. The van der Waals surface area contributed by atoms with Gasteiger partial charge in [0, 0.05) is 25.2 Å². The first-order valence-corrected chi connectivity index (χ1v) is 10.2. The Morgan fingerprint density at radius 2 is 2.07 bits per heavy atom. The predicted octanol–water partition coefficient (Wildman–Crippen LogP) is 3.82. The molecule has 0 aliphatic carbocycles. The van der Waals surface area contributed by atoms with Gasteiger partial charge in [0.15, 0.2) is 0 Å². The van der Waals surface area contributed by atoms with Crippen molar-refractivity contribution in [3.8, 4) is 0 Å². The lowest BCUT2D eigenvalue weighted by Gasteiger charge is -2.33. The van der Waals surface area contributed by atoms with Crippen molar-refractivity contribution in [1.82, 2.24) is 14.9 Å². The van der Waals surface area contributed by atoms with Crippen molar-refractivity contribution in [3.63, 3.8) is 0 Å². The Balaban J connectivity index is 1.59. The molecule has 8 heteroatoms. The van der Waals surface area contributed by atoms with Crippen LogP contribution in [0.15, 0.2) is 47.5 Å². The number of benzene rings is 2. The van der Waals surface area contributed by atoms with Crippen LogP contribution < -0.4 is 10.9 Å². The van der Waals surface area contributed by atoms with Gasteiger partial charge in [-0.05, 0) is 43.5 Å². The summed E-state index contributed by atoms with van der Waals surface area (Å²) in [7, 11) is 0. The van der Waals surface area contributed by atoms with E-state index in [1.54, 1.807) is 6.07 Å². The van der Waals surface area contributed by atoms with Gasteiger partial charge in [-0.3, -0.25) is 19.8 Å². The topological polar surface area (TPSA) is 104 Å². The number of nitro groups is 1. The molecule has 3 aromatic rings. The van der Waals surface area contributed by atoms with Crippen molar-refractivity contribution in [1.29, 1.82) is 0 Å². The van der Waals surface area contributed by atoms with Gasteiger partial charge in [-0.15, -0.1) is 0 Å². The Labute approximate surface area is 174 Å². The molecule has 1 fully saturated rings. The Kier molecular flexibility index (Phi) is 5.76. The van der Waals surface area contributed by atoms with Crippen LogP contribution in [0.5, 0.6) is 0 Å². The summed E-state index contributed by atoms with van der Waals surface area (Å²) in [6.07, 6.45) is 5.02. The van der Waals surface area contributed by atoms with Crippen molar-refractivity contribution in [2.45, 2.75) is 45.3 Å². The summed E-state index contributed by atoms with van der Waals surface area (Å²) in [4.78, 5) is 32.2. The molecule has 2 aromatic carbocycles. The van der Waals surface area contributed by atoms with Gasteiger partial charge in [0.05, 0.1) is 22.2 Å². The van der Waals surface area contributed by atoms with Gasteiger partial charge >= 0.3 is 0 Å². The first-order chi connectivity index (χ1) is 14.5. The van der Waals surface area contributed by atoms with E-state index in [4.69, 9.17) is 0 Å². The van der Waals surface area contributed by atoms with Crippen molar-refractivity contribution in [3.05, 3.63) is 74.3 Å². The largest absolute Gasteiger partial charge is 0.375 e. The Morgan fingerprint density at radius 1 is 1.27 bits per heavy atom. The second-order valence-corrected chi connectivity index (χ2v) is 7.81. The summed E-state index contributed by atoms with van der Waals surface area (Å²) in [6.45, 7) is 4.69. The fourth-order valence-corrected chi connectivity index (χ4v) is 4.08. The quantitative estimate of drug-likeness (QED) is 0.475. The molecule has 156 valence electrons. The molecule has 1 saturated heterocycles. The zero-order valence-electron chi connectivity index (χ0n) is 16.9. The Bertz CT molecular complexity index is 1130. The fourth-order valence-electron chi connectivity index (χ4n) is 4.08. The maximum atomic E-state index is 12.0. The number of H-pyrrole nitrogens is 1. The third-order valence-electron chi connectivity index (χ3n) is 5.86. The van der Waals surface area contributed by atoms with Crippen LogP contribution in [-0.4, -0.2) is 32.4 Å². The Hall–Kier alpha value is -3.26. The van der Waals surface area contributed by atoms with E-state index in [1.165, 1.54) is 37.2 Å². The molecule has 1 atom stereocenters. The van der Waals surface area contributed by atoms with Crippen LogP contribution in [0.1, 0.15) is 37.3 Å². The normalized spacial score (nSPS) is 17.2. The van der Waals surface area contributed by atoms with Crippen LogP contribution in [0.25, 0.3) is 10.9 Å². The predicted molar refractivity (Wildman–Crippen MR) is 117 cm³/mol. The van der Waals surface area contributed by atoms with Crippen molar-refractivity contribution >= 4 is 22.3 Å². The number of anilines is 1. The van der Waals surface area contributed by atoms with Crippen LogP contribution >= 0.6 is 0 Å². The van der Waals surface area contributed by atoms with Crippen LogP contribution in [0, 0.1) is 10.1 Å². The van der Waals surface area contributed by atoms with Crippen LogP contribution in [-0.2, 0) is 13.1 Å². The van der Waals surface area contributed by atoms with E-state index in [-0.39, 0.29) is 11.1 Å². The lowest BCUT2D eigenvalue weighted by atomic mass is 10.0. The van der Waals surface area contributed by atoms with Gasteiger partial charge in [0.2, 0.25) is 0 Å². The number of rotatable bonds is 6. The van der Waals surface area contributed by atoms with E-state index in [0.717, 1.165) is 18.7 Å². The lowest BCUT2D eigenvalue weighted by Crippen LogP contribution is -2.37. The average molecular weight is 407 g/mol. The van der Waals surface area contributed by atoms with Crippen LogP contribution in [0.3, 0.4) is 0 Å². The van der Waals surface area contributed by atoms with E-state index in [1.807, 2.05) is 18.2 Å². The molecule has 4 rings (SSSR count). The minimum atomic E-state index is -0.477. The summed E-state index contributed by atoms with van der Waals surface area (Å²) in [5.41, 5.74) is 2.56.